The molecular formula is C14H20N4O5. The normalized spacial score (nSPS) is 31.3. The summed E-state index contributed by atoms with van der Waals surface area (Å²) in [6, 6.07) is -0.578. The van der Waals surface area contributed by atoms with Crippen LogP contribution in [0.15, 0.2) is 0 Å². The first-order valence-corrected chi connectivity index (χ1v) is 7.76. The fraction of sp³-hybridized carbons (Fsp3) is 0.714. The number of piperidine rings is 2. The number of hydrogen-bond acceptors (Lipinski definition) is 5. The molecule has 0 aromatic carbocycles. The van der Waals surface area contributed by atoms with E-state index >= 15 is 0 Å². The fourth-order valence-corrected chi connectivity index (χ4v) is 3.51. The van der Waals surface area contributed by atoms with Gasteiger partial charge in [0.2, 0.25) is 11.8 Å². The molecule has 2 atom stereocenters. The third-order valence-electron chi connectivity index (χ3n) is 4.90. The molecule has 3 aliphatic heterocycles. The van der Waals surface area contributed by atoms with Crippen LogP contribution in [0.5, 0.6) is 0 Å². The molecular weight excluding hydrogens is 304 g/mol. The van der Waals surface area contributed by atoms with Crippen LogP contribution >= 0.6 is 0 Å². The lowest BCUT2D eigenvalue weighted by molar-refractivity contribution is -0.155. The molecule has 3 saturated heterocycles. The van der Waals surface area contributed by atoms with Crippen molar-refractivity contribution in [2.75, 3.05) is 32.7 Å². The maximum Gasteiger partial charge on any atom is 0.325 e. The lowest BCUT2D eigenvalue weighted by Gasteiger charge is -2.47. The summed E-state index contributed by atoms with van der Waals surface area (Å²) in [5, 5.41) is 15.4. The number of carbonyl (C=O) groups excluding carboxylic acids is 4. The fourth-order valence-electron chi connectivity index (χ4n) is 3.51. The molecule has 9 nitrogen and oxygen atoms in total. The Morgan fingerprint density at radius 2 is 2.09 bits per heavy atom. The number of nitrogens with zero attached hydrogens (tertiary/aromatic N) is 2. The summed E-state index contributed by atoms with van der Waals surface area (Å²) >= 11 is 0. The van der Waals surface area contributed by atoms with Gasteiger partial charge in [0.1, 0.15) is 6.54 Å². The molecule has 23 heavy (non-hydrogen) atoms. The summed E-state index contributed by atoms with van der Waals surface area (Å²) in [6.07, 6.45) is 0.785. The summed E-state index contributed by atoms with van der Waals surface area (Å²) < 4.78 is 0. The van der Waals surface area contributed by atoms with Crippen LogP contribution in [0, 0.1) is 5.41 Å². The molecule has 0 aromatic rings. The van der Waals surface area contributed by atoms with E-state index in [-0.39, 0.29) is 31.4 Å². The van der Waals surface area contributed by atoms with Crippen LogP contribution in [0.25, 0.3) is 0 Å². The second kappa shape index (κ2) is 5.80. The van der Waals surface area contributed by atoms with Gasteiger partial charge in [0, 0.05) is 19.6 Å². The SMILES string of the molecule is O=C(CN1C(=O)CNC1=O)N1CC[C@H](O)[C@@]2(CCCNC2=O)C1. The number of hydrogen-bond donors (Lipinski definition) is 3. The number of urea groups is 1. The monoisotopic (exact) mass is 324 g/mol. The molecule has 3 aliphatic rings. The first-order valence-electron chi connectivity index (χ1n) is 7.76. The highest BCUT2D eigenvalue weighted by atomic mass is 16.3. The number of amides is 5. The van der Waals surface area contributed by atoms with Crippen LogP contribution in [0.1, 0.15) is 19.3 Å². The maximum atomic E-state index is 12.4. The van der Waals surface area contributed by atoms with E-state index in [2.05, 4.69) is 10.6 Å². The Hall–Kier alpha value is -2.16. The van der Waals surface area contributed by atoms with E-state index in [0.717, 1.165) is 11.3 Å². The van der Waals surface area contributed by atoms with Gasteiger partial charge < -0.3 is 20.6 Å². The highest BCUT2D eigenvalue weighted by Crippen LogP contribution is 2.37. The first-order chi connectivity index (χ1) is 10.9. The molecule has 3 N–H and O–H groups in total. The minimum absolute atomic E-state index is 0.100. The van der Waals surface area contributed by atoms with Crippen molar-refractivity contribution in [1.29, 1.82) is 0 Å². The zero-order chi connectivity index (χ0) is 16.6. The number of likely N-dealkylation sites (tertiary alicyclic amines) is 1. The zero-order valence-corrected chi connectivity index (χ0v) is 12.7. The third kappa shape index (κ3) is 2.65. The standard InChI is InChI=1S/C14H20N4O5/c19-9-2-5-17(8-14(9)3-1-4-15-12(14)22)11(21)7-18-10(20)6-16-13(18)23/h9,19H,1-8H2,(H,15,22)(H,16,23)/t9-,14+/m0/s1. The molecule has 1 spiro atoms. The lowest BCUT2D eigenvalue weighted by atomic mass is 9.71. The molecule has 3 rings (SSSR count). The topological polar surface area (TPSA) is 119 Å². The van der Waals surface area contributed by atoms with Gasteiger partial charge in [-0.2, -0.15) is 0 Å². The average Bonchev–Trinajstić information content (AvgIpc) is 2.84. The van der Waals surface area contributed by atoms with Crippen LogP contribution in [0.2, 0.25) is 0 Å². The van der Waals surface area contributed by atoms with E-state index in [4.69, 9.17) is 0 Å². The van der Waals surface area contributed by atoms with E-state index in [0.29, 0.717) is 25.9 Å². The van der Waals surface area contributed by atoms with Gasteiger partial charge in [-0.3, -0.25) is 19.3 Å². The van der Waals surface area contributed by atoms with Crippen LogP contribution in [-0.4, -0.2) is 77.5 Å². The van der Waals surface area contributed by atoms with Crippen LogP contribution in [0.3, 0.4) is 0 Å². The van der Waals surface area contributed by atoms with Crippen LogP contribution in [0.4, 0.5) is 4.79 Å². The van der Waals surface area contributed by atoms with E-state index in [9.17, 15) is 24.3 Å². The van der Waals surface area contributed by atoms with Gasteiger partial charge in [-0.25, -0.2) is 4.79 Å². The molecule has 126 valence electrons. The quantitative estimate of drug-likeness (QED) is 0.509. The van der Waals surface area contributed by atoms with Crippen LogP contribution in [-0.2, 0) is 14.4 Å². The molecule has 0 unspecified atom stereocenters. The molecule has 3 heterocycles. The number of nitrogens with one attached hydrogen (secondary N) is 2. The summed E-state index contributed by atoms with van der Waals surface area (Å²) in [4.78, 5) is 50.1. The van der Waals surface area contributed by atoms with Gasteiger partial charge in [0.15, 0.2) is 0 Å². The minimum atomic E-state index is -0.983. The molecule has 0 aromatic heterocycles. The highest BCUT2D eigenvalue weighted by molar-refractivity contribution is 6.04. The molecule has 0 aliphatic carbocycles. The number of imide groups is 1. The molecule has 0 bridgehead atoms. The number of rotatable bonds is 2. The Bertz CT molecular complexity index is 549. The van der Waals surface area contributed by atoms with Gasteiger partial charge in [-0.1, -0.05) is 0 Å². The first kappa shape index (κ1) is 15.7. The van der Waals surface area contributed by atoms with Gasteiger partial charge in [-0.15, -0.1) is 0 Å². The Balaban J connectivity index is 1.71. The van der Waals surface area contributed by atoms with Crippen molar-refractivity contribution in [1.82, 2.24) is 20.4 Å². The van der Waals surface area contributed by atoms with E-state index in [1.807, 2.05) is 0 Å². The largest absolute Gasteiger partial charge is 0.392 e. The van der Waals surface area contributed by atoms with Crippen molar-refractivity contribution >= 4 is 23.8 Å². The van der Waals surface area contributed by atoms with Crippen molar-refractivity contribution in [2.45, 2.75) is 25.4 Å². The van der Waals surface area contributed by atoms with E-state index in [1.165, 1.54) is 4.90 Å². The van der Waals surface area contributed by atoms with Crippen LogP contribution < -0.4 is 10.6 Å². The molecule has 0 saturated carbocycles. The van der Waals surface area contributed by atoms with E-state index in [1.54, 1.807) is 0 Å². The minimum Gasteiger partial charge on any atom is -0.392 e. The zero-order valence-electron chi connectivity index (χ0n) is 12.7. The number of carbonyl (C=O) groups is 4. The second-order valence-electron chi connectivity index (χ2n) is 6.27. The predicted octanol–water partition coefficient (Wildman–Crippen LogP) is -1.97. The number of aliphatic hydroxyl groups is 1. The van der Waals surface area contributed by atoms with Gasteiger partial charge in [0.05, 0.1) is 18.1 Å². The summed E-state index contributed by atoms with van der Waals surface area (Å²) in [5.74, 6) is -1.06. The van der Waals surface area contributed by atoms with E-state index < -0.39 is 23.5 Å². The van der Waals surface area contributed by atoms with Crippen molar-refractivity contribution < 1.29 is 24.3 Å². The van der Waals surface area contributed by atoms with Crippen molar-refractivity contribution in [3.63, 3.8) is 0 Å². The highest BCUT2D eigenvalue weighted by Gasteiger charge is 2.50. The Kier molecular flexibility index (Phi) is 3.97. The molecule has 3 fully saturated rings. The van der Waals surface area contributed by atoms with Crippen molar-refractivity contribution in [2.24, 2.45) is 5.41 Å². The van der Waals surface area contributed by atoms with Crippen molar-refractivity contribution in [3.8, 4) is 0 Å². The predicted molar refractivity (Wildman–Crippen MR) is 77.0 cm³/mol. The average molecular weight is 324 g/mol. The lowest BCUT2D eigenvalue weighted by Crippen LogP contribution is -2.62. The maximum absolute atomic E-state index is 12.4. The second-order valence-corrected chi connectivity index (χ2v) is 6.27. The Morgan fingerprint density at radius 3 is 2.74 bits per heavy atom. The molecule has 9 heteroatoms. The Labute approximate surface area is 133 Å². The van der Waals surface area contributed by atoms with Crippen molar-refractivity contribution in [3.05, 3.63) is 0 Å². The molecule has 0 radical (unpaired) electrons. The summed E-state index contributed by atoms with van der Waals surface area (Å²) in [7, 11) is 0. The number of aliphatic hydroxyl groups excluding tert-OH is 1. The third-order valence-corrected chi connectivity index (χ3v) is 4.90. The van der Waals surface area contributed by atoms with Gasteiger partial charge >= 0.3 is 6.03 Å². The smallest absolute Gasteiger partial charge is 0.325 e. The van der Waals surface area contributed by atoms with Gasteiger partial charge in [0.25, 0.3) is 5.91 Å². The van der Waals surface area contributed by atoms with Gasteiger partial charge in [-0.05, 0) is 19.3 Å². The Morgan fingerprint density at radius 1 is 1.30 bits per heavy atom. The summed E-state index contributed by atoms with van der Waals surface area (Å²) in [6.45, 7) is 0.556. The summed E-state index contributed by atoms with van der Waals surface area (Å²) in [5.41, 5.74) is -0.983. The molecule has 5 amide bonds.